The highest BCUT2D eigenvalue weighted by Gasteiger charge is 2.58. The molecule has 4 unspecified atom stereocenters. The molecule has 0 aromatic rings. The number of amides is 2. The Morgan fingerprint density at radius 2 is 1.92 bits per heavy atom. The summed E-state index contributed by atoms with van der Waals surface area (Å²) in [7, 11) is 0. The smallest absolute Gasteiger partial charge is 0.233 e. The number of nitrogens with zero attached hydrogens (tertiary/aromatic N) is 2. The lowest BCUT2D eigenvalue weighted by molar-refractivity contribution is -0.140. The Bertz CT molecular complexity index is 551. The second-order valence-electron chi connectivity index (χ2n) is 6.93. The number of carbonyl (C=O) groups is 2. The van der Waals surface area contributed by atoms with Crippen molar-refractivity contribution in [3.05, 3.63) is 12.2 Å². The maximum atomic E-state index is 12.5. The number of aliphatic imine (C=N–C) groups is 1. The van der Waals surface area contributed by atoms with Crippen molar-refractivity contribution in [2.45, 2.75) is 26.2 Å². The molecule has 7 nitrogen and oxygen atoms in total. The first-order chi connectivity index (χ1) is 12.1. The lowest BCUT2D eigenvalue weighted by Gasteiger charge is -2.16. The van der Waals surface area contributed by atoms with E-state index in [2.05, 4.69) is 22.5 Å². The standard InChI is InChI=1S/C18H28N4O3.HI/c1-2-25-10-4-8-21-18(19)20-7-3-9-22-16(23)14-12-5-6-13(11-12)15(14)17(22)24;/h5-6,12-15H,2-4,7-11H2,1H3,(H3,19,20,21);1H. The zero-order chi connectivity index (χ0) is 17.8. The van der Waals surface area contributed by atoms with Gasteiger partial charge in [-0.1, -0.05) is 12.2 Å². The lowest BCUT2D eigenvalue weighted by atomic mass is 9.85. The van der Waals surface area contributed by atoms with Crippen molar-refractivity contribution in [3.63, 3.8) is 0 Å². The lowest BCUT2D eigenvalue weighted by Crippen LogP contribution is -2.35. The van der Waals surface area contributed by atoms with Crippen molar-refractivity contribution in [1.29, 1.82) is 0 Å². The summed E-state index contributed by atoms with van der Waals surface area (Å²) in [5.41, 5.74) is 5.80. The minimum absolute atomic E-state index is 0. The van der Waals surface area contributed by atoms with E-state index in [9.17, 15) is 9.59 Å². The molecule has 2 amide bonds. The Kier molecular flexibility index (Phi) is 7.87. The molecule has 2 bridgehead atoms. The van der Waals surface area contributed by atoms with Crippen LogP contribution in [0.2, 0.25) is 0 Å². The van der Waals surface area contributed by atoms with E-state index >= 15 is 0 Å². The maximum Gasteiger partial charge on any atom is 0.233 e. The van der Waals surface area contributed by atoms with Crippen LogP contribution in [-0.2, 0) is 14.3 Å². The number of rotatable bonds is 9. The monoisotopic (exact) mass is 476 g/mol. The van der Waals surface area contributed by atoms with Gasteiger partial charge in [-0.25, -0.2) is 0 Å². The van der Waals surface area contributed by atoms with Crippen molar-refractivity contribution < 1.29 is 14.3 Å². The summed E-state index contributed by atoms with van der Waals surface area (Å²) in [5.74, 6) is 0.744. The van der Waals surface area contributed by atoms with E-state index in [0.717, 1.165) is 26.0 Å². The first kappa shape index (κ1) is 21.1. The van der Waals surface area contributed by atoms with E-state index in [1.165, 1.54) is 4.90 Å². The quantitative estimate of drug-likeness (QED) is 0.130. The first-order valence-electron chi connectivity index (χ1n) is 9.28. The van der Waals surface area contributed by atoms with Crippen molar-refractivity contribution in [2.24, 2.45) is 34.4 Å². The number of fused-ring (bicyclic) bond motifs is 5. The summed E-state index contributed by atoms with van der Waals surface area (Å²) in [6.45, 7) is 5.05. The molecule has 146 valence electrons. The normalized spacial score (nSPS) is 29.3. The number of imide groups is 1. The number of guanidine groups is 1. The van der Waals surface area contributed by atoms with Crippen molar-refractivity contribution in [1.82, 2.24) is 10.2 Å². The second kappa shape index (κ2) is 9.68. The van der Waals surface area contributed by atoms with Gasteiger partial charge in [-0.15, -0.1) is 24.0 Å². The van der Waals surface area contributed by atoms with Gasteiger partial charge in [-0.05, 0) is 38.0 Å². The third-order valence-electron chi connectivity index (χ3n) is 5.36. The Hall–Kier alpha value is -1.16. The van der Waals surface area contributed by atoms with Gasteiger partial charge in [0.1, 0.15) is 0 Å². The number of hydrogen-bond acceptors (Lipinski definition) is 4. The van der Waals surface area contributed by atoms with Crippen LogP contribution in [0.4, 0.5) is 0 Å². The van der Waals surface area contributed by atoms with Crippen LogP contribution in [-0.4, -0.2) is 55.5 Å². The van der Waals surface area contributed by atoms with Crippen LogP contribution in [0.3, 0.4) is 0 Å². The predicted octanol–water partition coefficient (Wildman–Crippen LogP) is 1.13. The van der Waals surface area contributed by atoms with E-state index in [1.54, 1.807) is 0 Å². The average Bonchev–Trinajstić information content (AvgIpc) is 3.27. The summed E-state index contributed by atoms with van der Waals surface area (Å²) in [6, 6.07) is 0. The van der Waals surface area contributed by atoms with Crippen LogP contribution in [0.5, 0.6) is 0 Å². The van der Waals surface area contributed by atoms with E-state index < -0.39 is 0 Å². The Balaban J connectivity index is 0.00000243. The molecule has 8 heteroatoms. The molecule has 2 fully saturated rings. The van der Waals surface area contributed by atoms with Crippen LogP contribution in [0, 0.1) is 23.7 Å². The summed E-state index contributed by atoms with van der Waals surface area (Å²) < 4.78 is 5.25. The molecule has 1 saturated carbocycles. The molecule has 3 rings (SSSR count). The minimum Gasteiger partial charge on any atom is -0.382 e. The zero-order valence-corrected chi connectivity index (χ0v) is 17.6. The third kappa shape index (κ3) is 4.39. The fourth-order valence-corrected chi connectivity index (χ4v) is 4.20. The van der Waals surface area contributed by atoms with Gasteiger partial charge in [-0.3, -0.25) is 19.5 Å². The minimum atomic E-state index is -0.108. The van der Waals surface area contributed by atoms with Crippen molar-refractivity contribution >= 4 is 41.8 Å². The van der Waals surface area contributed by atoms with E-state index in [0.29, 0.717) is 32.1 Å². The number of likely N-dealkylation sites (tertiary alicyclic amines) is 1. The summed E-state index contributed by atoms with van der Waals surface area (Å²) in [6.07, 6.45) is 6.71. The third-order valence-corrected chi connectivity index (χ3v) is 5.36. The van der Waals surface area contributed by atoms with Gasteiger partial charge in [0, 0.05) is 32.8 Å². The average molecular weight is 476 g/mol. The molecule has 1 heterocycles. The van der Waals surface area contributed by atoms with E-state index in [4.69, 9.17) is 10.5 Å². The zero-order valence-electron chi connectivity index (χ0n) is 15.2. The SMILES string of the molecule is CCOCCCNC(N)=NCCCN1C(=O)C2C3C=CC(C3)C2C1=O.I. The molecule has 0 aromatic heterocycles. The number of nitrogens with two attached hydrogens (primary N) is 1. The molecule has 4 atom stereocenters. The molecule has 2 aliphatic carbocycles. The molecule has 0 aromatic carbocycles. The second-order valence-corrected chi connectivity index (χ2v) is 6.93. The van der Waals surface area contributed by atoms with Gasteiger partial charge in [0.25, 0.3) is 0 Å². The summed E-state index contributed by atoms with van der Waals surface area (Å²) >= 11 is 0. The molecular formula is C18H29IN4O3. The van der Waals surface area contributed by atoms with Crippen LogP contribution < -0.4 is 11.1 Å². The largest absolute Gasteiger partial charge is 0.382 e. The molecule has 1 saturated heterocycles. The molecule has 1 aliphatic heterocycles. The van der Waals surface area contributed by atoms with Gasteiger partial charge < -0.3 is 15.8 Å². The molecule has 3 N–H and O–H groups in total. The molecule has 26 heavy (non-hydrogen) atoms. The summed E-state index contributed by atoms with van der Waals surface area (Å²) in [5, 5.41) is 3.03. The van der Waals surface area contributed by atoms with Crippen LogP contribution in [0.1, 0.15) is 26.2 Å². The van der Waals surface area contributed by atoms with Gasteiger partial charge in [0.2, 0.25) is 11.8 Å². The van der Waals surface area contributed by atoms with Gasteiger partial charge in [0.05, 0.1) is 11.8 Å². The fourth-order valence-electron chi connectivity index (χ4n) is 4.20. The number of allylic oxidation sites excluding steroid dienone is 2. The van der Waals surface area contributed by atoms with Gasteiger partial charge in [0.15, 0.2) is 5.96 Å². The maximum absolute atomic E-state index is 12.5. The Morgan fingerprint density at radius 3 is 2.54 bits per heavy atom. The molecule has 3 aliphatic rings. The molecule has 0 spiro atoms. The summed E-state index contributed by atoms with van der Waals surface area (Å²) in [4.78, 5) is 30.8. The molecular weight excluding hydrogens is 447 g/mol. The number of ether oxygens (including phenoxy) is 1. The first-order valence-corrected chi connectivity index (χ1v) is 9.28. The van der Waals surface area contributed by atoms with Crippen LogP contribution in [0.25, 0.3) is 0 Å². The number of nitrogens with one attached hydrogen (secondary N) is 1. The van der Waals surface area contributed by atoms with E-state index in [1.807, 2.05) is 6.92 Å². The topological polar surface area (TPSA) is 97.0 Å². The number of hydrogen-bond donors (Lipinski definition) is 2. The Morgan fingerprint density at radius 1 is 1.27 bits per heavy atom. The highest BCUT2D eigenvalue weighted by molar-refractivity contribution is 14.0. The number of halogens is 1. The molecule has 0 radical (unpaired) electrons. The predicted molar refractivity (Wildman–Crippen MR) is 110 cm³/mol. The van der Waals surface area contributed by atoms with Gasteiger partial charge in [-0.2, -0.15) is 0 Å². The Labute approximate surface area is 171 Å². The van der Waals surface area contributed by atoms with E-state index in [-0.39, 0.29) is 59.5 Å². The highest BCUT2D eigenvalue weighted by atomic mass is 127. The van der Waals surface area contributed by atoms with Crippen molar-refractivity contribution in [3.8, 4) is 0 Å². The number of carbonyl (C=O) groups excluding carboxylic acids is 2. The fraction of sp³-hybridized carbons (Fsp3) is 0.722. The van der Waals surface area contributed by atoms with Crippen molar-refractivity contribution in [2.75, 3.05) is 32.8 Å². The van der Waals surface area contributed by atoms with Crippen LogP contribution in [0.15, 0.2) is 17.1 Å². The van der Waals surface area contributed by atoms with Crippen LogP contribution >= 0.6 is 24.0 Å². The van der Waals surface area contributed by atoms with Gasteiger partial charge >= 0.3 is 0 Å². The highest BCUT2D eigenvalue weighted by Crippen LogP contribution is 2.52.